The first-order valence-electron chi connectivity index (χ1n) is 14.1. The van der Waals surface area contributed by atoms with Crippen molar-refractivity contribution >= 4 is 55.8 Å². The fourth-order valence-corrected chi connectivity index (χ4v) is 7.20. The lowest BCUT2D eigenvalue weighted by Gasteiger charge is -2.23. The summed E-state index contributed by atoms with van der Waals surface area (Å²) in [6, 6.07) is 2.69. The second-order valence-electron chi connectivity index (χ2n) is 10.6. The Hall–Kier alpha value is -3.78. The fourth-order valence-electron chi connectivity index (χ4n) is 5.24. The van der Waals surface area contributed by atoms with Crippen LogP contribution in [0.4, 0.5) is 22.0 Å². The minimum absolute atomic E-state index is 0.0259. The highest BCUT2D eigenvalue weighted by atomic mass is 33.1. The number of esters is 1. The summed E-state index contributed by atoms with van der Waals surface area (Å²) in [5.41, 5.74) is 3.68. The van der Waals surface area contributed by atoms with E-state index in [9.17, 15) is 36.3 Å². The molecule has 0 spiro atoms. The Bertz CT molecular complexity index is 1700. The molecule has 1 atom stereocenters. The van der Waals surface area contributed by atoms with E-state index >= 15 is 0 Å². The molecule has 0 saturated heterocycles. The summed E-state index contributed by atoms with van der Waals surface area (Å²) in [6.07, 6.45) is 7.38. The summed E-state index contributed by atoms with van der Waals surface area (Å²) in [4.78, 5) is 41.9. The van der Waals surface area contributed by atoms with Gasteiger partial charge in [0.2, 0.25) is 23.3 Å². The van der Waals surface area contributed by atoms with Crippen molar-refractivity contribution in [2.45, 2.75) is 25.7 Å². The predicted molar refractivity (Wildman–Crippen MR) is 163 cm³/mol. The maximum Gasteiger partial charge on any atom is 0.312 e. The van der Waals surface area contributed by atoms with Crippen LogP contribution < -0.4 is 10.1 Å². The summed E-state index contributed by atoms with van der Waals surface area (Å²) in [5.74, 6) is -9.47. The van der Waals surface area contributed by atoms with E-state index in [4.69, 9.17) is 0 Å². The smallest absolute Gasteiger partial charge is 0.312 e. The Kier molecular flexibility index (Phi) is 10.2. The number of benzene rings is 2. The number of aromatic amines is 1. The minimum Gasteiger partial charge on any atom is -0.420 e. The molecule has 7 nitrogen and oxygen atoms in total. The van der Waals surface area contributed by atoms with Gasteiger partial charge in [-0.15, -0.1) is 0 Å². The number of allylic oxidation sites excluding steroid dienone is 3. The van der Waals surface area contributed by atoms with E-state index in [1.54, 1.807) is 11.9 Å². The largest absolute Gasteiger partial charge is 0.420 e. The molecular formula is C31H28F5N3O4S2. The van der Waals surface area contributed by atoms with Crippen molar-refractivity contribution in [2.75, 3.05) is 31.6 Å². The van der Waals surface area contributed by atoms with E-state index in [1.807, 2.05) is 12.2 Å². The van der Waals surface area contributed by atoms with E-state index in [1.165, 1.54) is 33.7 Å². The third-order valence-electron chi connectivity index (χ3n) is 7.44. The van der Waals surface area contributed by atoms with Gasteiger partial charge in [-0.1, -0.05) is 39.8 Å². The third kappa shape index (κ3) is 7.38. The Morgan fingerprint density at radius 2 is 1.73 bits per heavy atom. The number of H-pyrrole nitrogens is 1. The zero-order chi connectivity index (χ0) is 32.2. The highest BCUT2D eigenvalue weighted by molar-refractivity contribution is 8.76. The Morgan fingerprint density at radius 1 is 1.02 bits per heavy atom. The van der Waals surface area contributed by atoms with Gasteiger partial charge in [-0.3, -0.25) is 14.4 Å². The highest BCUT2D eigenvalue weighted by Crippen LogP contribution is 2.35. The molecule has 45 heavy (non-hydrogen) atoms. The van der Waals surface area contributed by atoms with Gasteiger partial charge in [-0.25, -0.2) is 13.2 Å². The molecule has 1 aliphatic carbocycles. The summed E-state index contributed by atoms with van der Waals surface area (Å²) < 4.78 is 72.5. The van der Waals surface area contributed by atoms with Gasteiger partial charge >= 0.3 is 5.97 Å². The number of aromatic nitrogens is 1. The van der Waals surface area contributed by atoms with Crippen LogP contribution in [0.3, 0.4) is 0 Å². The molecule has 2 aromatic carbocycles. The molecule has 2 aliphatic rings. The van der Waals surface area contributed by atoms with Crippen LogP contribution in [0.15, 0.2) is 36.4 Å². The summed E-state index contributed by atoms with van der Waals surface area (Å²) >= 11 is 0. The molecule has 1 aromatic heterocycles. The van der Waals surface area contributed by atoms with Gasteiger partial charge in [0.25, 0.3) is 5.91 Å². The van der Waals surface area contributed by atoms with Gasteiger partial charge in [0, 0.05) is 60.7 Å². The molecule has 14 heteroatoms. The normalized spacial score (nSPS) is 15.9. The third-order valence-corrected chi connectivity index (χ3v) is 9.85. The Balaban J connectivity index is 1.05. The first-order valence-corrected chi connectivity index (χ1v) is 16.5. The van der Waals surface area contributed by atoms with E-state index in [0.29, 0.717) is 42.8 Å². The van der Waals surface area contributed by atoms with Gasteiger partial charge in [0.05, 0.1) is 12.0 Å². The quantitative estimate of drug-likeness (QED) is 0.0621. The average molecular weight is 666 g/mol. The Morgan fingerprint density at radius 3 is 2.42 bits per heavy atom. The number of nitrogens with one attached hydrogen (secondary N) is 2. The molecule has 0 bridgehead atoms. The van der Waals surface area contributed by atoms with Gasteiger partial charge in [0.15, 0.2) is 11.6 Å². The summed E-state index contributed by atoms with van der Waals surface area (Å²) in [5, 5.41) is 3.56. The molecule has 0 radical (unpaired) electrons. The zero-order valence-electron chi connectivity index (χ0n) is 24.0. The number of rotatable bonds is 11. The van der Waals surface area contributed by atoms with Crippen molar-refractivity contribution in [2.24, 2.45) is 5.92 Å². The lowest BCUT2D eigenvalue weighted by Crippen LogP contribution is -2.31. The van der Waals surface area contributed by atoms with Gasteiger partial charge in [-0.2, -0.15) is 8.78 Å². The van der Waals surface area contributed by atoms with Gasteiger partial charge in [-0.05, 0) is 42.0 Å². The van der Waals surface area contributed by atoms with Crippen LogP contribution in [0.2, 0.25) is 0 Å². The molecule has 2 heterocycles. The summed E-state index contributed by atoms with van der Waals surface area (Å²) in [7, 11) is 4.31. The van der Waals surface area contributed by atoms with Crippen LogP contribution in [0.25, 0.3) is 16.5 Å². The highest BCUT2D eigenvalue weighted by Gasteiger charge is 2.25. The SMILES string of the molecule is CN(CC1C=CC(c2[nH]c3cc(F)cc4c3c2CCNC4=O)=CC1)C(=O)CCSSCCC(=O)Oc1c(F)c(F)cc(F)c1F. The second-order valence-corrected chi connectivity index (χ2v) is 13.3. The van der Waals surface area contributed by atoms with Gasteiger partial charge < -0.3 is 19.9 Å². The van der Waals surface area contributed by atoms with Crippen molar-refractivity contribution in [1.82, 2.24) is 15.2 Å². The first kappa shape index (κ1) is 32.6. The van der Waals surface area contributed by atoms with E-state index in [-0.39, 0.29) is 42.4 Å². The number of nitrogens with zero attached hydrogens (tertiary/aromatic N) is 1. The molecule has 3 aromatic rings. The first-order chi connectivity index (χ1) is 21.5. The lowest BCUT2D eigenvalue weighted by atomic mass is 9.92. The van der Waals surface area contributed by atoms with Crippen LogP contribution in [0.1, 0.15) is 40.9 Å². The fraction of sp³-hybridized carbons (Fsp3) is 0.323. The van der Waals surface area contributed by atoms with E-state index in [0.717, 1.165) is 22.2 Å². The van der Waals surface area contributed by atoms with Crippen LogP contribution >= 0.6 is 21.6 Å². The molecular weight excluding hydrogens is 637 g/mol. The molecule has 2 N–H and O–H groups in total. The number of ether oxygens (including phenoxy) is 1. The standard InChI is InChI=1S/C31H28F5N3O4S2/c1-39(24(40)7-10-44-45-11-8-25(41)43-30-27(35)21(33)14-22(34)28(30)36)15-16-2-4-17(5-3-16)29-19-6-9-37-31(42)20-12-18(32)13-23(38-29)26(19)20/h2,4-5,12-14,16,38H,3,6-11,15H2,1H3,(H,37,42). The van der Waals surface area contributed by atoms with E-state index < -0.39 is 40.8 Å². The number of hydrogen-bond donors (Lipinski definition) is 2. The molecule has 1 unspecified atom stereocenters. The predicted octanol–water partition coefficient (Wildman–Crippen LogP) is 6.33. The molecule has 238 valence electrons. The van der Waals surface area contributed by atoms with Crippen molar-refractivity contribution in [3.63, 3.8) is 0 Å². The maximum absolute atomic E-state index is 14.2. The van der Waals surface area contributed by atoms with Crippen molar-refractivity contribution in [1.29, 1.82) is 0 Å². The van der Waals surface area contributed by atoms with Crippen LogP contribution in [-0.4, -0.2) is 59.3 Å². The Labute approximate surface area is 263 Å². The number of hydrogen-bond acceptors (Lipinski definition) is 6. The molecule has 2 amide bonds. The number of carbonyl (C=O) groups excluding carboxylic acids is 3. The monoisotopic (exact) mass is 665 g/mol. The van der Waals surface area contributed by atoms with Crippen LogP contribution in [-0.2, 0) is 16.0 Å². The zero-order valence-corrected chi connectivity index (χ0v) is 25.6. The minimum atomic E-state index is -1.78. The number of halogens is 5. The van der Waals surface area contributed by atoms with Crippen LogP contribution in [0, 0.1) is 35.0 Å². The molecule has 1 aliphatic heterocycles. The number of amides is 2. The van der Waals surface area contributed by atoms with Crippen LogP contribution in [0.5, 0.6) is 5.75 Å². The van der Waals surface area contributed by atoms with Crippen molar-refractivity contribution in [3.05, 3.63) is 82.3 Å². The van der Waals surface area contributed by atoms with Crippen molar-refractivity contribution < 1.29 is 41.1 Å². The average Bonchev–Trinajstić information content (AvgIpc) is 3.28. The lowest BCUT2D eigenvalue weighted by molar-refractivity contribution is -0.134. The van der Waals surface area contributed by atoms with E-state index in [2.05, 4.69) is 21.1 Å². The molecule has 0 fully saturated rings. The topological polar surface area (TPSA) is 91.5 Å². The second kappa shape index (κ2) is 14.1. The number of carbonyl (C=O) groups is 3. The van der Waals surface area contributed by atoms with Crippen molar-refractivity contribution in [3.8, 4) is 5.75 Å². The molecule has 5 rings (SSSR count). The van der Waals surface area contributed by atoms with Gasteiger partial charge in [0.1, 0.15) is 5.82 Å². The maximum atomic E-state index is 14.2. The molecule has 0 saturated carbocycles. The summed E-state index contributed by atoms with van der Waals surface area (Å²) in [6.45, 7) is 0.955.